The number of nitrogens with one attached hydrogen (secondary N) is 1. The van der Waals surface area contributed by atoms with Gasteiger partial charge in [-0.05, 0) is 11.4 Å². The Kier molecular flexibility index (Phi) is 5.05. The van der Waals surface area contributed by atoms with Gasteiger partial charge in [0.15, 0.2) is 5.16 Å². The number of carbonyl (C=O) groups excluding carboxylic acids is 2. The number of nitrogens with two attached hydrogens (primary N) is 2. The lowest BCUT2D eigenvalue weighted by Gasteiger charge is -2.04. The van der Waals surface area contributed by atoms with Crippen LogP contribution in [0.25, 0.3) is 11.3 Å². The number of benzene rings is 1. The molecule has 0 aliphatic carbocycles. The lowest BCUT2D eigenvalue weighted by molar-refractivity contribution is -0.113. The van der Waals surface area contributed by atoms with Gasteiger partial charge in [0.25, 0.3) is 5.91 Å². The summed E-state index contributed by atoms with van der Waals surface area (Å²) in [5.74, 6) is 5.18. The van der Waals surface area contributed by atoms with Crippen molar-refractivity contribution in [1.29, 1.82) is 0 Å². The number of hydrogen-bond acceptors (Lipinski definition) is 6. The Morgan fingerprint density at radius 1 is 1.24 bits per heavy atom. The van der Waals surface area contributed by atoms with Crippen LogP contribution in [0.1, 0.15) is 10.4 Å². The summed E-state index contributed by atoms with van der Waals surface area (Å²) in [6.45, 7) is 0. The number of primary amides is 1. The summed E-state index contributed by atoms with van der Waals surface area (Å²) in [5, 5.41) is 5.34. The van der Waals surface area contributed by atoms with Crippen molar-refractivity contribution in [3.05, 3.63) is 53.5 Å². The Balaban J connectivity index is 1.64. The van der Waals surface area contributed by atoms with E-state index in [0.29, 0.717) is 15.7 Å². The van der Waals surface area contributed by atoms with Crippen LogP contribution >= 0.6 is 23.1 Å². The standard InChI is InChI=1S/C16H15N5O2S2/c17-14(23)11-6-7-24-15(11)20-13(22)9-25-16-19-12(8-21(16)18)10-4-2-1-3-5-10/h1-8H,9,18H2,(H2,17,23)(H,20,22). The minimum Gasteiger partial charge on any atom is -0.366 e. The summed E-state index contributed by atoms with van der Waals surface area (Å²) in [4.78, 5) is 27.8. The van der Waals surface area contributed by atoms with Crippen molar-refractivity contribution in [2.75, 3.05) is 16.9 Å². The molecule has 128 valence electrons. The quantitative estimate of drug-likeness (QED) is 0.452. The fourth-order valence-electron chi connectivity index (χ4n) is 2.12. The first-order valence-corrected chi connectivity index (χ1v) is 9.11. The van der Waals surface area contributed by atoms with Gasteiger partial charge in [0, 0.05) is 5.56 Å². The number of amides is 2. The van der Waals surface area contributed by atoms with Gasteiger partial charge in [0.05, 0.1) is 23.2 Å². The third-order valence-corrected chi connectivity index (χ3v) is 5.08. The summed E-state index contributed by atoms with van der Waals surface area (Å²) in [6, 6.07) is 11.2. The Bertz CT molecular complexity index is 904. The van der Waals surface area contributed by atoms with Crippen molar-refractivity contribution >= 4 is 39.9 Å². The molecule has 5 N–H and O–H groups in total. The topological polar surface area (TPSA) is 116 Å². The monoisotopic (exact) mass is 373 g/mol. The predicted molar refractivity (Wildman–Crippen MR) is 100 cm³/mol. The fourth-order valence-corrected chi connectivity index (χ4v) is 3.63. The highest BCUT2D eigenvalue weighted by atomic mass is 32.2. The van der Waals surface area contributed by atoms with Crippen LogP contribution in [0.4, 0.5) is 5.00 Å². The van der Waals surface area contributed by atoms with Crippen LogP contribution in [0.5, 0.6) is 0 Å². The molecule has 0 saturated carbocycles. The second kappa shape index (κ2) is 7.41. The number of nitrogen functional groups attached to an aromatic ring is 1. The molecule has 0 radical (unpaired) electrons. The molecule has 0 atom stereocenters. The number of nitrogens with zero attached hydrogens (tertiary/aromatic N) is 2. The van der Waals surface area contributed by atoms with E-state index in [9.17, 15) is 9.59 Å². The number of carbonyl (C=O) groups is 2. The molecule has 2 amide bonds. The summed E-state index contributed by atoms with van der Waals surface area (Å²) < 4.78 is 1.39. The van der Waals surface area contributed by atoms with Crippen LogP contribution < -0.4 is 16.9 Å². The van der Waals surface area contributed by atoms with Gasteiger partial charge in [-0.3, -0.25) is 9.59 Å². The average molecular weight is 373 g/mol. The van der Waals surface area contributed by atoms with Gasteiger partial charge < -0.3 is 16.9 Å². The van der Waals surface area contributed by atoms with Gasteiger partial charge >= 0.3 is 0 Å². The molecule has 2 aromatic heterocycles. The molecular weight excluding hydrogens is 358 g/mol. The van der Waals surface area contributed by atoms with Gasteiger partial charge in [-0.15, -0.1) is 11.3 Å². The molecule has 1 aromatic carbocycles. The van der Waals surface area contributed by atoms with E-state index in [2.05, 4.69) is 10.3 Å². The zero-order valence-corrected chi connectivity index (χ0v) is 14.6. The van der Waals surface area contributed by atoms with E-state index in [1.165, 1.54) is 27.8 Å². The molecule has 0 saturated heterocycles. The average Bonchev–Trinajstić information content (AvgIpc) is 3.20. The maximum atomic E-state index is 12.1. The van der Waals surface area contributed by atoms with Crippen LogP contribution in [0.3, 0.4) is 0 Å². The molecule has 3 aromatic rings. The highest BCUT2D eigenvalue weighted by Gasteiger charge is 2.14. The van der Waals surface area contributed by atoms with Gasteiger partial charge in [-0.25, -0.2) is 9.66 Å². The highest BCUT2D eigenvalue weighted by molar-refractivity contribution is 7.99. The van der Waals surface area contributed by atoms with Crippen molar-refractivity contribution in [3.8, 4) is 11.3 Å². The normalized spacial score (nSPS) is 10.6. The van der Waals surface area contributed by atoms with Crippen molar-refractivity contribution in [2.24, 2.45) is 5.73 Å². The second-order valence-corrected chi connectivity index (χ2v) is 6.91. The Hall–Kier alpha value is -2.78. The van der Waals surface area contributed by atoms with E-state index in [0.717, 1.165) is 11.3 Å². The van der Waals surface area contributed by atoms with Crippen molar-refractivity contribution in [2.45, 2.75) is 5.16 Å². The number of thioether (sulfide) groups is 1. The number of hydrogen-bond donors (Lipinski definition) is 3. The van der Waals surface area contributed by atoms with Crippen LogP contribution in [0.15, 0.2) is 53.1 Å². The SMILES string of the molecule is NC(=O)c1ccsc1NC(=O)CSc1nc(-c2ccccc2)cn1N. The summed E-state index contributed by atoms with van der Waals surface area (Å²) in [7, 11) is 0. The summed E-state index contributed by atoms with van der Waals surface area (Å²) in [5.41, 5.74) is 7.24. The number of rotatable bonds is 6. The van der Waals surface area contributed by atoms with Gasteiger partial charge in [0.1, 0.15) is 5.00 Å². The zero-order valence-electron chi connectivity index (χ0n) is 13.0. The first-order valence-electron chi connectivity index (χ1n) is 7.24. The lowest BCUT2D eigenvalue weighted by atomic mass is 10.2. The summed E-state index contributed by atoms with van der Waals surface area (Å²) in [6.07, 6.45) is 1.71. The molecule has 0 fully saturated rings. The Morgan fingerprint density at radius 3 is 2.72 bits per heavy atom. The fraction of sp³-hybridized carbons (Fsp3) is 0.0625. The smallest absolute Gasteiger partial charge is 0.251 e. The number of thiophene rings is 1. The van der Waals surface area contributed by atoms with Crippen LogP contribution in [0, 0.1) is 0 Å². The van der Waals surface area contributed by atoms with E-state index in [1.54, 1.807) is 17.6 Å². The predicted octanol–water partition coefficient (Wildman–Crippen LogP) is 2.16. The maximum absolute atomic E-state index is 12.1. The van der Waals surface area contributed by atoms with Gasteiger partial charge in [-0.2, -0.15) is 0 Å². The molecule has 25 heavy (non-hydrogen) atoms. The van der Waals surface area contributed by atoms with E-state index >= 15 is 0 Å². The van der Waals surface area contributed by atoms with Gasteiger partial charge in [0.2, 0.25) is 5.91 Å². The van der Waals surface area contributed by atoms with Crippen LogP contribution in [0.2, 0.25) is 0 Å². The van der Waals surface area contributed by atoms with E-state index in [-0.39, 0.29) is 11.7 Å². The number of imidazole rings is 1. The first-order chi connectivity index (χ1) is 12.0. The molecule has 7 nitrogen and oxygen atoms in total. The third kappa shape index (κ3) is 4.01. The van der Waals surface area contributed by atoms with Crippen LogP contribution in [-0.4, -0.2) is 27.2 Å². The molecule has 9 heteroatoms. The molecule has 0 spiro atoms. The molecular formula is C16H15N5O2S2. The lowest BCUT2D eigenvalue weighted by Crippen LogP contribution is -2.18. The number of aromatic nitrogens is 2. The summed E-state index contributed by atoms with van der Waals surface area (Å²) >= 11 is 2.45. The molecule has 0 bridgehead atoms. The number of anilines is 1. The van der Waals surface area contributed by atoms with E-state index in [4.69, 9.17) is 11.6 Å². The minimum absolute atomic E-state index is 0.110. The molecule has 0 unspecified atom stereocenters. The van der Waals surface area contributed by atoms with Crippen LogP contribution in [-0.2, 0) is 4.79 Å². The maximum Gasteiger partial charge on any atom is 0.251 e. The minimum atomic E-state index is -0.575. The molecule has 0 aliphatic rings. The van der Waals surface area contributed by atoms with Crippen molar-refractivity contribution in [3.63, 3.8) is 0 Å². The Labute approximate surface area is 152 Å². The van der Waals surface area contributed by atoms with Crippen molar-refractivity contribution < 1.29 is 9.59 Å². The van der Waals surface area contributed by atoms with E-state index < -0.39 is 5.91 Å². The van der Waals surface area contributed by atoms with Gasteiger partial charge in [-0.1, -0.05) is 42.1 Å². The van der Waals surface area contributed by atoms with Crippen molar-refractivity contribution in [1.82, 2.24) is 9.66 Å². The highest BCUT2D eigenvalue weighted by Crippen LogP contribution is 2.25. The molecule has 0 aliphatic heterocycles. The van der Waals surface area contributed by atoms with E-state index in [1.807, 2.05) is 30.3 Å². The third-order valence-electron chi connectivity index (χ3n) is 3.28. The first kappa shape index (κ1) is 17.1. The zero-order chi connectivity index (χ0) is 17.8. The molecule has 3 rings (SSSR count). The largest absolute Gasteiger partial charge is 0.366 e. The Morgan fingerprint density at radius 2 is 2.00 bits per heavy atom. The second-order valence-electron chi connectivity index (χ2n) is 5.05. The molecule has 2 heterocycles.